The molecule has 1 fully saturated rings. The lowest BCUT2D eigenvalue weighted by Crippen LogP contribution is -2.29. The summed E-state index contributed by atoms with van der Waals surface area (Å²) in [5.74, 6) is 0.361. The van der Waals surface area contributed by atoms with E-state index in [0.29, 0.717) is 17.6 Å². The van der Waals surface area contributed by atoms with Crippen molar-refractivity contribution in [2.45, 2.75) is 25.3 Å². The summed E-state index contributed by atoms with van der Waals surface area (Å²) in [7, 11) is 0. The van der Waals surface area contributed by atoms with Gasteiger partial charge in [-0.05, 0) is 43.6 Å². The zero-order valence-corrected chi connectivity index (χ0v) is 11.7. The van der Waals surface area contributed by atoms with Crippen LogP contribution in [0.5, 0.6) is 0 Å². The summed E-state index contributed by atoms with van der Waals surface area (Å²) in [6.45, 7) is 1.95. The number of hydrogen-bond donors (Lipinski definition) is 2. The third-order valence-electron chi connectivity index (χ3n) is 3.69. The van der Waals surface area contributed by atoms with E-state index >= 15 is 0 Å². The highest BCUT2D eigenvalue weighted by atomic mass is 16.1. The number of nitrogens with one attached hydrogen (secondary N) is 1. The fourth-order valence-electron chi connectivity index (χ4n) is 2.53. The molecule has 0 spiro atoms. The van der Waals surface area contributed by atoms with E-state index in [9.17, 15) is 4.79 Å². The van der Waals surface area contributed by atoms with Gasteiger partial charge >= 0.3 is 0 Å². The Balaban J connectivity index is 1.69. The van der Waals surface area contributed by atoms with E-state index in [1.54, 1.807) is 24.5 Å². The predicted molar refractivity (Wildman–Crippen MR) is 77.8 cm³/mol. The lowest BCUT2D eigenvalue weighted by Gasteiger charge is -2.22. The number of anilines is 1. The number of rotatable bonds is 4. The van der Waals surface area contributed by atoms with Crippen molar-refractivity contribution >= 4 is 11.6 Å². The molecule has 110 valence electrons. The molecule has 0 unspecified atom stereocenters. The quantitative estimate of drug-likeness (QED) is 0.799. The van der Waals surface area contributed by atoms with E-state index < -0.39 is 0 Å². The van der Waals surface area contributed by atoms with Gasteiger partial charge in [-0.25, -0.2) is 9.67 Å². The van der Waals surface area contributed by atoms with Crippen molar-refractivity contribution in [2.75, 3.05) is 18.8 Å². The van der Waals surface area contributed by atoms with Crippen LogP contribution in [-0.2, 0) is 6.42 Å². The molecule has 0 aromatic carbocycles. The zero-order chi connectivity index (χ0) is 14.7. The Kier molecular flexibility index (Phi) is 3.92. The van der Waals surface area contributed by atoms with Crippen LogP contribution in [0.2, 0.25) is 0 Å². The fraction of sp³-hybridized carbons (Fsp3) is 0.429. The molecule has 3 heterocycles. The molecule has 3 N–H and O–H groups in total. The highest BCUT2D eigenvalue weighted by molar-refractivity contribution is 5.95. The number of carbonyl (C=O) groups excluding carboxylic acids is 1. The van der Waals surface area contributed by atoms with Gasteiger partial charge in [0.1, 0.15) is 11.5 Å². The smallest absolute Gasteiger partial charge is 0.189 e. The molecule has 0 atom stereocenters. The Hall–Kier alpha value is -2.28. The summed E-state index contributed by atoms with van der Waals surface area (Å²) >= 11 is 0. The van der Waals surface area contributed by atoms with E-state index in [0.717, 1.165) is 31.5 Å². The molecule has 0 radical (unpaired) electrons. The molecule has 0 saturated carbocycles. The number of Topliss-reactive ketones (excluding diaryl/α,β-unsaturated/α-hetero) is 1. The number of nitrogens with zero attached hydrogens (tertiary/aromatic N) is 4. The molecule has 1 aliphatic rings. The first-order valence-corrected chi connectivity index (χ1v) is 7.08. The van der Waals surface area contributed by atoms with Crippen molar-refractivity contribution in [3.8, 4) is 0 Å². The van der Waals surface area contributed by atoms with Gasteiger partial charge in [-0.15, -0.1) is 5.10 Å². The van der Waals surface area contributed by atoms with E-state index in [2.05, 4.69) is 20.6 Å². The normalized spacial score (nSPS) is 16.0. The number of carbonyl (C=O) groups is 1. The van der Waals surface area contributed by atoms with Crippen LogP contribution in [0.3, 0.4) is 0 Å². The lowest BCUT2D eigenvalue weighted by atomic mass is 10.1. The van der Waals surface area contributed by atoms with Crippen LogP contribution in [0, 0.1) is 0 Å². The van der Waals surface area contributed by atoms with E-state index in [1.807, 2.05) is 4.68 Å². The first kappa shape index (κ1) is 13.7. The first-order valence-electron chi connectivity index (χ1n) is 7.08. The fourth-order valence-corrected chi connectivity index (χ4v) is 2.53. The van der Waals surface area contributed by atoms with Crippen LogP contribution in [0.15, 0.2) is 24.5 Å². The van der Waals surface area contributed by atoms with Crippen molar-refractivity contribution in [3.63, 3.8) is 0 Å². The van der Waals surface area contributed by atoms with E-state index in [1.165, 1.54) is 0 Å². The number of ketones is 1. The van der Waals surface area contributed by atoms with Gasteiger partial charge in [0.15, 0.2) is 5.78 Å². The van der Waals surface area contributed by atoms with Crippen LogP contribution >= 0.6 is 0 Å². The molecule has 1 saturated heterocycles. The molecule has 7 heteroatoms. The molecular formula is C14H18N6O. The minimum Gasteiger partial charge on any atom is -0.384 e. The van der Waals surface area contributed by atoms with E-state index in [-0.39, 0.29) is 12.2 Å². The number of pyridine rings is 1. The number of nitrogens with two attached hydrogens (primary N) is 1. The maximum atomic E-state index is 12.2. The van der Waals surface area contributed by atoms with Crippen LogP contribution in [-0.4, -0.2) is 38.9 Å². The van der Waals surface area contributed by atoms with Crippen molar-refractivity contribution in [3.05, 3.63) is 35.8 Å². The number of nitrogen functional groups attached to an aromatic ring is 1. The molecule has 0 amide bonds. The second-order valence-electron chi connectivity index (χ2n) is 5.25. The van der Waals surface area contributed by atoms with Crippen molar-refractivity contribution in [2.24, 2.45) is 0 Å². The zero-order valence-electron chi connectivity index (χ0n) is 11.7. The summed E-state index contributed by atoms with van der Waals surface area (Å²) in [5, 5.41) is 11.4. The number of aromatic nitrogens is 4. The molecule has 3 rings (SSSR count). The SMILES string of the molecule is Nc1cc(CC(=O)c2cn(C3CCNCC3)nn2)ccn1. The van der Waals surface area contributed by atoms with Crippen molar-refractivity contribution in [1.82, 2.24) is 25.3 Å². The van der Waals surface area contributed by atoms with Crippen LogP contribution in [0.4, 0.5) is 5.82 Å². The summed E-state index contributed by atoms with van der Waals surface area (Å²) in [6, 6.07) is 3.82. The monoisotopic (exact) mass is 286 g/mol. The van der Waals surface area contributed by atoms with Crippen LogP contribution in [0.25, 0.3) is 0 Å². The predicted octanol–water partition coefficient (Wildman–Crippen LogP) is 0.605. The highest BCUT2D eigenvalue weighted by Crippen LogP contribution is 2.17. The van der Waals surface area contributed by atoms with Gasteiger partial charge in [-0.1, -0.05) is 5.21 Å². The van der Waals surface area contributed by atoms with Gasteiger partial charge in [0, 0.05) is 12.6 Å². The van der Waals surface area contributed by atoms with E-state index in [4.69, 9.17) is 5.73 Å². The van der Waals surface area contributed by atoms with Crippen LogP contribution in [0.1, 0.15) is 34.9 Å². The molecule has 0 aliphatic carbocycles. The summed E-state index contributed by atoms with van der Waals surface area (Å²) < 4.78 is 1.81. The van der Waals surface area contributed by atoms with Gasteiger partial charge in [-0.2, -0.15) is 0 Å². The standard InChI is InChI=1S/C14H18N6O/c15-14-8-10(1-6-17-14)7-13(21)12-9-20(19-18-12)11-2-4-16-5-3-11/h1,6,8-9,11,16H,2-5,7H2,(H2,15,17). The molecule has 2 aromatic heterocycles. The Morgan fingerprint density at radius 3 is 3.00 bits per heavy atom. The second kappa shape index (κ2) is 6.01. The Morgan fingerprint density at radius 2 is 2.24 bits per heavy atom. The third kappa shape index (κ3) is 3.25. The largest absolute Gasteiger partial charge is 0.384 e. The van der Waals surface area contributed by atoms with Crippen molar-refractivity contribution in [1.29, 1.82) is 0 Å². The molecule has 0 bridgehead atoms. The first-order chi connectivity index (χ1) is 10.2. The average molecular weight is 286 g/mol. The van der Waals surface area contributed by atoms with Gasteiger partial charge in [-0.3, -0.25) is 4.79 Å². The summed E-state index contributed by atoms with van der Waals surface area (Å²) in [6.07, 6.45) is 5.64. The third-order valence-corrected chi connectivity index (χ3v) is 3.69. The minimum atomic E-state index is -0.0548. The maximum Gasteiger partial charge on any atom is 0.189 e. The number of piperidine rings is 1. The van der Waals surface area contributed by atoms with Gasteiger partial charge in [0.25, 0.3) is 0 Å². The highest BCUT2D eigenvalue weighted by Gasteiger charge is 2.18. The van der Waals surface area contributed by atoms with Gasteiger partial charge in [0.2, 0.25) is 0 Å². The second-order valence-corrected chi connectivity index (χ2v) is 5.25. The Morgan fingerprint density at radius 1 is 1.43 bits per heavy atom. The van der Waals surface area contributed by atoms with Crippen LogP contribution < -0.4 is 11.1 Å². The topological polar surface area (TPSA) is 98.7 Å². The van der Waals surface area contributed by atoms with Gasteiger partial charge < -0.3 is 11.1 Å². The molecule has 21 heavy (non-hydrogen) atoms. The Labute approximate surface area is 122 Å². The molecule has 1 aliphatic heterocycles. The molecule has 2 aromatic rings. The molecule has 7 nitrogen and oxygen atoms in total. The Bertz CT molecular complexity index is 632. The summed E-state index contributed by atoms with van der Waals surface area (Å²) in [4.78, 5) is 16.1. The lowest BCUT2D eigenvalue weighted by molar-refractivity contribution is 0.0988. The van der Waals surface area contributed by atoms with Crippen molar-refractivity contribution < 1.29 is 4.79 Å². The average Bonchev–Trinajstić information content (AvgIpc) is 2.98. The molecular weight excluding hydrogens is 268 g/mol. The number of hydrogen-bond acceptors (Lipinski definition) is 6. The van der Waals surface area contributed by atoms with Gasteiger partial charge in [0.05, 0.1) is 12.2 Å². The maximum absolute atomic E-state index is 12.2. The minimum absolute atomic E-state index is 0.0548. The summed E-state index contributed by atoms with van der Waals surface area (Å²) in [5.41, 5.74) is 6.86.